The quantitative estimate of drug-likeness (QED) is 0.915. The Bertz CT molecular complexity index is 675. The van der Waals surface area contributed by atoms with Crippen molar-refractivity contribution in [1.82, 2.24) is 10.5 Å². The summed E-state index contributed by atoms with van der Waals surface area (Å²) in [5.74, 6) is 0.780. The van der Waals surface area contributed by atoms with Crippen molar-refractivity contribution >= 4 is 9.84 Å². The fourth-order valence-corrected chi connectivity index (χ4v) is 2.51. The van der Waals surface area contributed by atoms with Crippen LogP contribution in [0.5, 0.6) is 0 Å². The van der Waals surface area contributed by atoms with Gasteiger partial charge in [0.2, 0.25) is 0 Å². The first-order valence-electron chi connectivity index (χ1n) is 6.32. The lowest BCUT2D eigenvalue weighted by Crippen LogP contribution is -2.17. The number of hydrogen-bond donors (Lipinski definition) is 1. The molecule has 0 saturated heterocycles. The maximum Gasteiger partial charge on any atom is 0.175 e. The molecule has 0 fully saturated rings. The van der Waals surface area contributed by atoms with E-state index in [2.05, 4.69) is 10.5 Å². The summed E-state index contributed by atoms with van der Waals surface area (Å²) in [5.41, 5.74) is 1.88. The number of sulfone groups is 1. The molecular weight excluding hydrogens is 276 g/mol. The second-order valence-electron chi connectivity index (χ2n) is 4.88. The molecule has 0 aliphatic rings. The second kappa shape index (κ2) is 5.76. The van der Waals surface area contributed by atoms with E-state index in [0.29, 0.717) is 11.4 Å². The molecule has 6 heteroatoms. The smallest absolute Gasteiger partial charge is 0.175 e. The second-order valence-corrected chi connectivity index (χ2v) is 6.89. The third-order valence-corrected chi connectivity index (χ3v) is 4.20. The summed E-state index contributed by atoms with van der Waals surface area (Å²) in [6.45, 7) is 4.47. The van der Waals surface area contributed by atoms with Gasteiger partial charge in [0, 0.05) is 18.4 Å². The summed E-state index contributed by atoms with van der Waals surface area (Å²) in [5, 5.41) is 7.13. The van der Waals surface area contributed by atoms with Crippen molar-refractivity contribution in [2.45, 2.75) is 31.3 Å². The molecule has 1 unspecified atom stereocenters. The molecule has 1 heterocycles. The Morgan fingerprint density at radius 3 is 2.45 bits per heavy atom. The normalized spacial score (nSPS) is 13.3. The van der Waals surface area contributed by atoms with Crippen LogP contribution in [0, 0.1) is 6.92 Å². The number of aryl methyl sites for hydroxylation is 1. The molecule has 0 radical (unpaired) electrons. The first-order valence-corrected chi connectivity index (χ1v) is 8.21. The van der Waals surface area contributed by atoms with Crippen LogP contribution >= 0.6 is 0 Å². The molecule has 2 aromatic rings. The molecule has 108 valence electrons. The standard InChI is InChI=1S/C14H18N2O3S/c1-10-8-13(19-16-10)9-15-11(2)12-4-6-14(7-5-12)20(3,17)18/h4-8,11,15H,9H2,1-3H3. The van der Waals surface area contributed by atoms with Crippen LogP contribution in [0.4, 0.5) is 0 Å². The lowest BCUT2D eigenvalue weighted by atomic mass is 10.1. The van der Waals surface area contributed by atoms with Crippen LogP contribution in [-0.4, -0.2) is 19.8 Å². The molecule has 20 heavy (non-hydrogen) atoms. The third kappa shape index (κ3) is 3.68. The Morgan fingerprint density at radius 1 is 1.30 bits per heavy atom. The number of nitrogens with zero attached hydrogens (tertiary/aromatic N) is 1. The summed E-state index contributed by atoms with van der Waals surface area (Å²) >= 11 is 0. The monoisotopic (exact) mass is 294 g/mol. The highest BCUT2D eigenvalue weighted by atomic mass is 32.2. The first-order chi connectivity index (χ1) is 9.36. The Morgan fingerprint density at radius 2 is 1.95 bits per heavy atom. The van der Waals surface area contributed by atoms with Crippen molar-refractivity contribution in [2.24, 2.45) is 0 Å². The molecule has 5 nitrogen and oxygen atoms in total. The zero-order valence-electron chi connectivity index (χ0n) is 11.8. The Labute approximate surface area is 118 Å². The highest BCUT2D eigenvalue weighted by Crippen LogP contribution is 2.16. The molecule has 2 rings (SSSR count). The molecular formula is C14H18N2O3S. The third-order valence-electron chi connectivity index (χ3n) is 3.07. The van der Waals surface area contributed by atoms with Crippen molar-refractivity contribution in [3.8, 4) is 0 Å². The van der Waals surface area contributed by atoms with E-state index in [-0.39, 0.29) is 6.04 Å². The van der Waals surface area contributed by atoms with E-state index in [1.54, 1.807) is 12.1 Å². The molecule has 1 aromatic carbocycles. The minimum absolute atomic E-state index is 0.0917. The van der Waals surface area contributed by atoms with Crippen LogP contribution in [0.25, 0.3) is 0 Å². The lowest BCUT2D eigenvalue weighted by molar-refractivity contribution is 0.363. The maximum atomic E-state index is 11.4. The predicted molar refractivity (Wildman–Crippen MR) is 76.0 cm³/mol. The number of hydrogen-bond acceptors (Lipinski definition) is 5. The number of benzene rings is 1. The number of rotatable bonds is 5. The minimum Gasteiger partial charge on any atom is -0.360 e. The van der Waals surface area contributed by atoms with Gasteiger partial charge in [-0.25, -0.2) is 8.42 Å². The summed E-state index contributed by atoms with van der Waals surface area (Å²) in [4.78, 5) is 0.333. The first kappa shape index (κ1) is 14.7. The number of nitrogens with one attached hydrogen (secondary N) is 1. The molecule has 1 atom stereocenters. The molecule has 1 N–H and O–H groups in total. The topological polar surface area (TPSA) is 72.2 Å². The molecule has 1 aromatic heterocycles. The highest BCUT2D eigenvalue weighted by Gasteiger charge is 2.10. The zero-order chi connectivity index (χ0) is 14.8. The fraction of sp³-hybridized carbons (Fsp3) is 0.357. The van der Waals surface area contributed by atoms with Crippen LogP contribution in [0.15, 0.2) is 39.8 Å². The molecule has 0 bridgehead atoms. The van der Waals surface area contributed by atoms with Gasteiger partial charge in [0.1, 0.15) is 0 Å². The Balaban J connectivity index is 2.00. The summed E-state index contributed by atoms with van der Waals surface area (Å²) < 4.78 is 27.9. The van der Waals surface area contributed by atoms with Gasteiger partial charge in [-0.3, -0.25) is 0 Å². The minimum atomic E-state index is -3.14. The van der Waals surface area contributed by atoms with Crippen molar-refractivity contribution in [1.29, 1.82) is 0 Å². The predicted octanol–water partition coefficient (Wildman–Crippen LogP) is 2.24. The Hall–Kier alpha value is -1.66. The van der Waals surface area contributed by atoms with Crippen LogP contribution in [0.3, 0.4) is 0 Å². The van der Waals surface area contributed by atoms with E-state index < -0.39 is 9.84 Å². The maximum absolute atomic E-state index is 11.4. The van der Waals surface area contributed by atoms with Crippen molar-refractivity contribution < 1.29 is 12.9 Å². The Kier molecular flexibility index (Phi) is 4.25. The van der Waals surface area contributed by atoms with E-state index >= 15 is 0 Å². The highest BCUT2D eigenvalue weighted by molar-refractivity contribution is 7.90. The van der Waals surface area contributed by atoms with Crippen LogP contribution < -0.4 is 5.32 Å². The largest absolute Gasteiger partial charge is 0.360 e. The van der Waals surface area contributed by atoms with E-state index in [0.717, 1.165) is 17.0 Å². The molecule has 0 aliphatic heterocycles. The van der Waals surface area contributed by atoms with Gasteiger partial charge in [-0.1, -0.05) is 17.3 Å². The summed E-state index contributed by atoms with van der Waals surface area (Å²) in [7, 11) is -3.14. The summed E-state index contributed by atoms with van der Waals surface area (Å²) in [6.07, 6.45) is 1.20. The van der Waals surface area contributed by atoms with Gasteiger partial charge in [0.25, 0.3) is 0 Å². The van der Waals surface area contributed by atoms with E-state index in [1.807, 2.05) is 32.0 Å². The van der Waals surface area contributed by atoms with Crippen molar-refractivity contribution in [3.63, 3.8) is 0 Å². The van der Waals surface area contributed by atoms with Gasteiger partial charge in [0.15, 0.2) is 15.6 Å². The van der Waals surface area contributed by atoms with Gasteiger partial charge in [-0.05, 0) is 31.5 Å². The zero-order valence-corrected chi connectivity index (χ0v) is 12.6. The van der Waals surface area contributed by atoms with Gasteiger partial charge in [0.05, 0.1) is 17.1 Å². The average molecular weight is 294 g/mol. The van der Waals surface area contributed by atoms with Gasteiger partial charge >= 0.3 is 0 Å². The summed E-state index contributed by atoms with van der Waals surface area (Å²) in [6, 6.07) is 8.86. The molecule has 0 spiro atoms. The molecule has 0 saturated carbocycles. The van der Waals surface area contributed by atoms with E-state index in [4.69, 9.17) is 4.52 Å². The lowest BCUT2D eigenvalue weighted by Gasteiger charge is -2.13. The van der Waals surface area contributed by atoms with E-state index in [9.17, 15) is 8.42 Å². The van der Waals surface area contributed by atoms with Crippen LogP contribution in [0.2, 0.25) is 0 Å². The fourth-order valence-electron chi connectivity index (χ4n) is 1.87. The molecule has 0 amide bonds. The molecule has 0 aliphatic carbocycles. The van der Waals surface area contributed by atoms with Gasteiger partial charge in [-0.2, -0.15) is 0 Å². The SMILES string of the molecule is Cc1cc(CNC(C)c2ccc(S(C)(=O)=O)cc2)on1. The van der Waals surface area contributed by atoms with Crippen molar-refractivity contribution in [2.75, 3.05) is 6.26 Å². The van der Waals surface area contributed by atoms with Crippen LogP contribution in [-0.2, 0) is 16.4 Å². The van der Waals surface area contributed by atoms with E-state index in [1.165, 1.54) is 6.26 Å². The van der Waals surface area contributed by atoms with Crippen LogP contribution in [0.1, 0.15) is 30.0 Å². The number of aromatic nitrogens is 1. The van der Waals surface area contributed by atoms with Crippen molar-refractivity contribution in [3.05, 3.63) is 47.3 Å². The van der Waals surface area contributed by atoms with Gasteiger partial charge < -0.3 is 9.84 Å². The average Bonchev–Trinajstić information content (AvgIpc) is 2.81. The van der Waals surface area contributed by atoms with Gasteiger partial charge in [-0.15, -0.1) is 0 Å².